The van der Waals surface area contributed by atoms with Gasteiger partial charge in [0.25, 0.3) is 0 Å². The van der Waals surface area contributed by atoms with Crippen LogP contribution in [-0.2, 0) is 4.74 Å². The molecule has 104 valence electrons. The van der Waals surface area contributed by atoms with Gasteiger partial charge in [0, 0.05) is 45.0 Å². The number of ether oxygens (including phenoxy) is 1. The zero-order chi connectivity index (χ0) is 13.1. The average molecular weight is 261 g/mol. The van der Waals surface area contributed by atoms with Crippen LogP contribution >= 0.6 is 0 Å². The minimum atomic E-state index is 0.205. The number of rotatable bonds is 2. The highest BCUT2D eigenvalue weighted by atomic mass is 16.5. The Bertz CT molecular complexity index is 423. The molecular formula is C15H23N3O. The van der Waals surface area contributed by atoms with Gasteiger partial charge in [0.2, 0.25) is 0 Å². The molecule has 1 atom stereocenters. The Labute approximate surface area is 115 Å². The largest absolute Gasteiger partial charge is 0.371 e. The van der Waals surface area contributed by atoms with Crippen LogP contribution in [0.4, 0.5) is 5.69 Å². The summed E-state index contributed by atoms with van der Waals surface area (Å²) in [6.07, 6.45) is 0.205. The fourth-order valence-corrected chi connectivity index (χ4v) is 2.86. The lowest BCUT2D eigenvalue weighted by molar-refractivity contribution is 0.0273. The zero-order valence-electron chi connectivity index (χ0n) is 11.6. The van der Waals surface area contributed by atoms with E-state index in [1.165, 1.54) is 16.8 Å². The third kappa shape index (κ3) is 2.91. The molecule has 0 aliphatic carbocycles. The minimum Gasteiger partial charge on any atom is -0.371 e. The normalized spacial score (nSPS) is 24.5. The van der Waals surface area contributed by atoms with Crippen LogP contribution in [0.15, 0.2) is 18.2 Å². The second kappa shape index (κ2) is 5.90. The summed E-state index contributed by atoms with van der Waals surface area (Å²) in [5.41, 5.74) is 3.99. The van der Waals surface area contributed by atoms with Gasteiger partial charge in [0.15, 0.2) is 0 Å². The molecule has 0 amide bonds. The summed E-state index contributed by atoms with van der Waals surface area (Å²) in [6.45, 7) is 9.20. The highest BCUT2D eigenvalue weighted by Gasteiger charge is 2.19. The molecule has 1 aromatic rings. The SMILES string of the molecule is Cc1ccc(N2CCNCC2)cc1C1CNCCO1. The lowest BCUT2D eigenvalue weighted by Crippen LogP contribution is -2.43. The highest BCUT2D eigenvalue weighted by molar-refractivity contribution is 5.52. The summed E-state index contributed by atoms with van der Waals surface area (Å²) in [4.78, 5) is 2.45. The molecule has 2 heterocycles. The summed E-state index contributed by atoms with van der Waals surface area (Å²) in [7, 11) is 0. The minimum absolute atomic E-state index is 0.205. The van der Waals surface area contributed by atoms with Crippen LogP contribution < -0.4 is 15.5 Å². The van der Waals surface area contributed by atoms with Gasteiger partial charge >= 0.3 is 0 Å². The molecule has 2 N–H and O–H groups in total. The molecule has 0 aromatic heterocycles. The van der Waals surface area contributed by atoms with Crippen molar-refractivity contribution in [3.8, 4) is 0 Å². The van der Waals surface area contributed by atoms with E-state index in [0.29, 0.717) is 0 Å². The Morgan fingerprint density at radius 2 is 2.00 bits per heavy atom. The molecule has 0 saturated carbocycles. The van der Waals surface area contributed by atoms with Gasteiger partial charge in [0.05, 0.1) is 12.7 Å². The first-order valence-corrected chi connectivity index (χ1v) is 7.23. The van der Waals surface area contributed by atoms with E-state index in [1.807, 2.05) is 0 Å². The smallest absolute Gasteiger partial charge is 0.0953 e. The molecule has 4 nitrogen and oxygen atoms in total. The standard InChI is InChI=1S/C15H23N3O/c1-12-2-3-13(18-7-4-16-5-8-18)10-14(12)15-11-17-6-9-19-15/h2-3,10,15-17H,4-9,11H2,1H3. The maximum absolute atomic E-state index is 5.89. The number of benzene rings is 1. The zero-order valence-corrected chi connectivity index (χ0v) is 11.6. The predicted octanol–water partition coefficient (Wildman–Crippen LogP) is 1.07. The number of piperazine rings is 1. The van der Waals surface area contributed by atoms with Crippen LogP contribution in [0.2, 0.25) is 0 Å². The summed E-state index contributed by atoms with van der Waals surface area (Å²) < 4.78 is 5.89. The molecule has 2 aliphatic heterocycles. The Morgan fingerprint density at radius 3 is 2.74 bits per heavy atom. The fraction of sp³-hybridized carbons (Fsp3) is 0.600. The molecule has 2 aliphatic rings. The van der Waals surface area contributed by atoms with E-state index >= 15 is 0 Å². The highest BCUT2D eigenvalue weighted by Crippen LogP contribution is 2.27. The predicted molar refractivity (Wildman–Crippen MR) is 77.8 cm³/mol. The van der Waals surface area contributed by atoms with Gasteiger partial charge in [-0.25, -0.2) is 0 Å². The van der Waals surface area contributed by atoms with Crippen molar-refractivity contribution in [1.82, 2.24) is 10.6 Å². The number of nitrogens with zero attached hydrogens (tertiary/aromatic N) is 1. The lowest BCUT2D eigenvalue weighted by Gasteiger charge is -2.31. The van der Waals surface area contributed by atoms with E-state index in [4.69, 9.17) is 4.74 Å². The number of morpholine rings is 1. The van der Waals surface area contributed by atoms with Gasteiger partial charge in [0.1, 0.15) is 0 Å². The number of anilines is 1. The van der Waals surface area contributed by atoms with Crippen LogP contribution in [0.25, 0.3) is 0 Å². The van der Waals surface area contributed by atoms with Gasteiger partial charge in [-0.05, 0) is 30.2 Å². The van der Waals surface area contributed by atoms with E-state index in [2.05, 4.69) is 40.7 Å². The molecule has 0 spiro atoms. The van der Waals surface area contributed by atoms with Crippen LogP contribution in [-0.4, -0.2) is 45.9 Å². The van der Waals surface area contributed by atoms with Crippen molar-refractivity contribution in [1.29, 1.82) is 0 Å². The first kappa shape index (κ1) is 12.9. The summed E-state index contributed by atoms with van der Waals surface area (Å²) in [5.74, 6) is 0. The second-order valence-corrected chi connectivity index (χ2v) is 5.34. The number of nitrogens with one attached hydrogen (secondary N) is 2. The number of aryl methyl sites for hydroxylation is 1. The first-order chi connectivity index (χ1) is 9.34. The average Bonchev–Trinajstić information content (AvgIpc) is 2.49. The third-order valence-corrected chi connectivity index (χ3v) is 4.02. The van der Waals surface area contributed by atoms with Gasteiger partial charge in [-0.1, -0.05) is 6.07 Å². The summed E-state index contributed by atoms with van der Waals surface area (Å²) in [6, 6.07) is 6.78. The van der Waals surface area contributed by atoms with Crippen molar-refractivity contribution < 1.29 is 4.74 Å². The molecule has 2 fully saturated rings. The third-order valence-electron chi connectivity index (χ3n) is 4.02. The van der Waals surface area contributed by atoms with Crippen LogP contribution in [0, 0.1) is 6.92 Å². The van der Waals surface area contributed by atoms with Crippen molar-refractivity contribution in [3.05, 3.63) is 29.3 Å². The number of hydrogen-bond acceptors (Lipinski definition) is 4. The van der Waals surface area contributed by atoms with Crippen LogP contribution in [0.3, 0.4) is 0 Å². The van der Waals surface area contributed by atoms with E-state index in [1.54, 1.807) is 0 Å². The van der Waals surface area contributed by atoms with Gasteiger partial charge in [-0.2, -0.15) is 0 Å². The maximum Gasteiger partial charge on any atom is 0.0953 e. The molecule has 0 radical (unpaired) electrons. The van der Waals surface area contributed by atoms with Crippen LogP contribution in [0.5, 0.6) is 0 Å². The van der Waals surface area contributed by atoms with Gasteiger partial charge in [-0.3, -0.25) is 0 Å². The van der Waals surface area contributed by atoms with Crippen molar-refractivity contribution in [2.24, 2.45) is 0 Å². The molecule has 1 unspecified atom stereocenters. The van der Waals surface area contributed by atoms with E-state index in [0.717, 1.165) is 45.9 Å². The monoisotopic (exact) mass is 261 g/mol. The van der Waals surface area contributed by atoms with E-state index in [-0.39, 0.29) is 6.10 Å². The molecule has 2 saturated heterocycles. The quantitative estimate of drug-likeness (QED) is 0.835. The Hall–Kier alpha value is -1.10. The lowest BCUT2D eigenvalue weighted by atomic mass is 10.0. The Balaban J connectivity index is 1.82. The first-order valence-electron chi connectivity index (χ1n) is 7.23. The molecule has 19 heavy (non-hydrogen) atoms. The topological polar surface area (TPSA) is 36.5 Å². The van der Waals surface area contributed by atoms with Crippen molar-refractivity contribution >= 4 is 5.69 Å². The molecule has 1 aromatic carbocycles. The van der Waals surface area contributed by atoms with Gasteiger partial charge < -0.3 is 20.3 Å². The maximum atomic E-state index is 5.89. The molecule has 3 rings (SSSR count). The molecule has 0 bridgehead atoms. The van der Waals surface area contributed by atoms with E-state index < -0.39 is 0 Å². The van der Waals surface area contributed by atoms with Crippen molar-refractivity contribution in [2.75, 3.05) is 50.8 Å². The molecular weight excluding hydrogens is 238 g/mol. The van der Waals surface area contributed by atoms with Crippen LogP contribution in [0.1, 0.15) is 17.2 Å². The second-order valence-electron chi connectivity index (χ2n) is 5.34. The van der Waals surface area contributed by atoms with E-state index in [9.17, 15) is 0 Å². The van der Waals surface area contributed by atoms with Gasteiger partial charge in [-0.15, -0.1) is 0 Å². The van der Waals surface area contributed by atoms with Crippen molar-refractivity contribution in [2.45, 2.75) is 13.0 Å². The Kier molecular flexibility index (Phi) is 4.01. The summed E-state index contributed by atoms with van der Waals surface area (Å²) >= 11 is 0. The van der Waals surface area contributed by atoms with Crippen molar-refractivity contribution in [3.63, 3.8) is 0 Å². The summed E-state index contributed by atoms with van der Waals surface area (Å²) in [5, 5.41) is 6.81. The number of hydrogen-bond donors (Lipinski definition) is 2. The molecule has 4 heteroatoms. The Morgan fingerprint density at radius 1 is 1.16 bits per heavy atom. The fourth-order valence-electron chi connectivity index (χ4n) is 2.86.